The summed E-state index contributed by atoms with van der Waals surface area (Å²) >= 11 is 0. The van der Waals surface area contributed by atoms with Gasteiger partial charge in [-0.2, -0.15) is 13.2 Å². The van der Waals surface area contributed by atoms with Crippen LogP contribution in [-0.2, 0) is 17.5 Å². The van der Waals surface area contributed by atoms with E-state index in [1.165, 1.54) is 6.07 Å². The molecule has 9 heteroatoms. The Morgan fingerprint density at radius 3 is 2.79 bits per heavy atom. The predicted molar refractivity (Wildman–Crippen MR) is 116 cm³/mol. The molecule has 3 rings (SSSR count). The second-order valence-corrected chi connectivity index (χ2v) is 6.42. The average Bonchev–Trinajstić information content (AvgIpc) is 2.71. The van der Waals surface area contributed by atoms with Crippen LogP contribution in [0.15, 0.2) is 53.7 Å². The Balaban J connectivity index is 0.00000300. The topological polar surface area (TPSA) is 49.8 Å². The van der Waals surface area contributed by atoms with Crippen LogP contribution in [-0.4, -0.2) is 42.1 Å². The molecule has 1 atom stereocenters. The zero-order chi connectivity index (χ0) is 20.0. The molecule has 29 heavy (non-hydrogen) atoms. The number of benzene rings is 1. The predicted octanol–water partition coefficient (Wildman–Crippen LogP) is 4.26. The van der Waals surface area contributed by atoms with Gasteiger partial charge in [0.25, 0.3) is 0 Å². The van der Waals surface area contributed by atoms with E-state index in [-0.39, 0.29) is 24.0 Å². The highest BCUT2D eigenvalue weighted by molar-refractivity contribution is 14.0. The first kappa shape index (κ1) is 23.4. The van der Waals surface area contributed by atoms with Crippen molar-refractivity contribution >= 4 is 29.9 Å². The van der Waals surface area contributed by atoms with Gasteiger partial charge in [0.1, 0.15) is 6.10 Å². The van der Waals surface area contributed by atoms with Gasteiger partial charge in [-0.25, -0.2) is 4.99 Å². The number of aliphatic imine (C=N–C) groups is 1. The number of pyridine rings is 1. The molecule has 0 spiro atoms. The van der Waals surface area contributed by atoms with Crippen molar-refractivity contribution in [2.75, 3.05) is 26.2 Å². The van der Waals surface area contributed by atoms with Crippen molar-refractivity contribution in [3.63, 3.8) is 0 Å². The van der Waals surface area contributed by atoms with Gasteiger partial charge in [0.05, 0.1) is 31.0 Å². The van der Waals surface area contributed by atoms with E-state index in [9.17, 15) is 13.2 Å². The lowest BCUT2D eigenvalue weighted by Crippen LogP contribution is -2.48. The summed E-state index contributed by atoms with van der Waals surface area (Å²) in [5, 5.41) is 3.24. The van der Waals surface area contributed by atoms with E-state index in [0.717, 1.165) is 17.8 Å². The van der Waals surface area contributed by atoms with Crippen LogP contribution >= 0.6 is 24.0 Å². The zero-order valence-corrected chi connectivity index (χ0v) is 18.4. The number of alkyl halides is 3. The van der Waals surface area contributed by atoms with Gasteiger partial charge in [0, 0.05) is 19.3 Å². The maximum Gasteiger partial charge on any atom is 0.416 e. The summed E-state index contributed by atoms with van der Waals surface area (Å²) in [6, 6.07) is 11.0. The van der Waals surface area contributed by atoms with E-state index in [1.54, 1.807) is 12.3 Å². The molecule has 1 unspecified atom stereocenters. The highest BCUT2D eigenvalue weighted by Crippen LogP contribution is 2.32. The van der Waals surface area contributed by atoms with Gasteiger partial charge in [-0.05, 0) is 36.8 Å². The van der Waals surface area contributed by atoms with Crippen molar-refractivity contribution in [3.8, 4) is 0 Å². The van der Waals surface area contributed by atoms with Crippen molar-refractivity contribution < 1.29 is 17.9 Å². The van der Waals surface area contributed by atoms with Crippen molar-refractivity contribution in [3.05, 3.63) is 65.5 Å². The maximum atomic E-state index is 13.0. The molecule has 0 radical (unpaired) electrons. The Hall–Kier alpha value is -1.88. The molecule has 5 nitrogen and oxygen atoms in total. The van der Waals surface area contributed by atoms with Crippen LogP contribution < -0.4 is 5.32 Å². The molecule has 2 heterocycles. The number of hydrogen-bond acceptors (Lipinski definition) is 3. The minimum Gasteiger partial charge on any atom is -0.370 e. The van der Waals surface area contributed by atoms with Crippen molar-refractivity contribution in [1.82, 2.24) is 15.2 Å². The van der Waals surface area contributed by atoms with Gasteiger partial charge in [0.15, 0.2) is 5.96 Å². The number of aromatic nitrogens is 1. The van der Waals surface area contributed by atoms with E-state index in [2.05, 4.69) is 15.3 Å². The molecule has 1 aromatic heterocycles. The number of halogens is 4. The van der Waals surface area contributed by atoms with Gasteiger partial charge < -0.3 is 15.0 Å². The van der Waals surface area contributed by atoms with Gasteiger partial charge in [0.2, 0.25) is 0 Å². The first-order chi connectivity index (χ1) is 13.5. The molecule has 1 N–H and O–H groups in total. The van der Waals surface area contributed by atoms with Crippen LogP contribution in [0.2, 0.25) is 0 Å². The summed E-state index contributed by atoms with van der Waals surface area (Å²) in [6.07, 6.45) is -3.10. The fraction of sp³-hybridized carbons (Fsp3) is 0.400. The molecule has 158 valence electrons. The number of hydrogen-bond donors (Lipinski definition) is 1. The monoisotopic (exact) mass is 520 g/mol. The van der Waals surface area contributed by atoms with Crippen molar-refractivity contribution in [1.29, 1.82) is 0 Å². The van der Waals surface area contributed by atoms with E-state index < -0.39 is 17.8 Å². The summed E-state index contributed by atoms with van der Waals surface area (Å²) in [7, 11) is 0. The second kappa shape index (κ2) is 10.8. The lowest BCUT2D eigenvalue weighted by atomic mass is 10.0. The molecule has 2 aromatic rings. The standard InChI is InChI=1S/C20H23F3N4O.HI/c1-2-24-19(26-13-17-8-3-4-9-25-17)27-10-11-28-18(14-27)15-6-5-7-16(12-15)20(21,22)23;/h3-9,12,18H,2,10-11,13-14H2,1H3,(H,24,26);1H. The molecule has 1 aromatic carbocycles. The lowest BCUT2D eigenvalue weighted by Gasteiger charge is -2.35. The van der Waals surface area contributed by atoms with Crippen LogP contribution in [0.25, 0.3) is 0 Å². The molecule has 0 aliphatic carbocycles. The Bertz CT molecular complexity index is 802. The number of rotatable bonds is 4. The highest BCUT2D eigenvalue weighted by atomic mass is 127. The summed E-state index contributed by atoms with van der Waals surface area (Å²) < 4.78 is 44.8. The zero-order valence-electron chi connectivity index (χ0n) is 16.0. The average molecular weight is 520 g/mol. The molecule has 1 fully saturated rings. The Morgan fingerprint density at radius 1 is 1.28 bits per heavy atom. The minimum atomic E-state index is -4.37. The van der Waals surface area contributed by atoms with Crippen LogP contribution in [0.1, 0.15) is 29.8 Å². The van der Waals surface area contributed by atoms with Crippen LogP contribution in [0.3, 0.4) is 0 Å². The van der Waals surface area contributed by atoms with E-state index in [0.29, 0.717) is 44.3 Å². The Morgan fingerprint density at radius 2 is 2.10 bits per heavy atom. The Labute approximate surface area is 185 Å². The van der Waals surface area contributed by atoms with E-state index >= 15 is 0 Å². The van der Waals surface area contributed by atoms with Gasteiger partial charge in [-0.1, -0.05) is 18.2 Å². The fourth-order valence-corrected chi connectivity index (χ4v) is 3.03. The van der Waals surface area contributed by atoms with E-state index in [1.807, 2.05) is 30.0 Å². The number of ether oxygens (including phenoxy) is 1. The number of nitrogens with one attached hydrogen (secondary N) is 1. The van der Waals surface area contributed by atoms with Crippen molar-refractivity contribution in [2.24, 2.45) is 4.99 Å². The third kappa shape index (κ3) is 6.56. The molecule has 1 aliphatic heterocycles. The summed E-state index contributed by atoms with van der Waals surface area (Å²) in [5.74, 6) is 0.702. The Kier molecular flexibility index (Phi) is 8.69. The first-order valence-corrected chi connectivity index (χ1v) is 9.19. The third-order valence-electron chi connectivity index (χ3n) is 4.40. The SMILES string of the molecule is CCNC(=NCc1ccccn1)N1CCOC(c2cccc(C(F)(F)F)c2)C1.I. The van der Waals surface area contributed by atoms with Gasteiger partial charge in [-0.3, -0.25) is 4.98 Å². The largest absolute Gasteiger partial charge is 0.416 e. The number of morpholine rings is 1. The maximum absolute atomic E-state index is 13.0. The fourth-order valence-electron chi connectivity index (χ4n) is 3.03. The van der Waals surface area contributed by atoms with Crippen LogP contribution in [0, 0.1) is 0 Å². The lowest BCUT2D eigenvalue weighted by molar-refractivity contribution is -0.137. The first-order valence-electron chi connectivity index (χ1n) is 9.19. The summed E-state index contributed by atoms with van der Waals surface area (Å²) in [4.78, 5) is 10.9. The molecule has 0 saturated carbocycles. The van der Waals surface area contributed by atoms with Crippen LogP contribution in [0.4, 0.5) is 13.2 Å². The quantitative estimate of drug-likeness (QED) is 0.372. The molecule has 1 aliphatic rings. The molecular formula is C20H24F3IN4O. The minimum absolute atomic E-state index is 0. The van der Waals surface area contributed by atoms with E-state index in [4.69, 9.17) is 4.74 Å². The molecule has 0 bridgehead atoms. The summed E-state index contributed by atoms with van der Waals surface area (Å²) in [5.41, 5.74) is 0.696. The van der Waals surface area contributed by atoms with Gasteiger partial charge in [-0.15, -0.1) is 24.0 Å². The second-order valence-electron chi connectivity index (χ2n) is 6.42. The van der Waals surface area contributed by atoms with Crippen LogP contribution in [0.5, 0.6) is 0 Å². The number of guanidine groups is 1. The smallest absolute Gasteiger partial charge is 0.370 e. The molecule has 1 saturated heterocycles. The normalized spacial score (nSPS) is 17.6. The van der Waals surface area contributed by atoms with Gasteiger partial charge >= 0.3 is 6.18 Å². The summed E-state index contributed by atoms with van der Waals surface area (Å²) in [6.45, 7) is 4.54. The van der Waals surface area contributed by atoms with Crippen molar-refractivity contribution in [2.45, 2.75) is 25.7 Å². The highest BCUT2D eigenvalue weighted by Gasteiger charge is 2.32. The molecule has 0 amide bonds. The molecular weight excluding hydrogens is 496 g/mol. The third-order valence-corrected chi connectivity index (χ3v) is 4.40. The number of nitrogens with zero attached hydrogens (tertiary/aromatic N) is 3.